The number of carboxylic acids is 1. The first-order valence-corrected chi connectivity index (χ1v) is 7.88. The third-order valence-electron chi connectivity index (χ3n) is 4.01. The van der Waals surface area contributed by atoms with E-state index in [2.05, 4.69) is 0 Å². The van der Waals surface area contributed by atoms with E-state index in [1.807, 2.05) is 30.3 Å². The number of nitrogens with zero attached hydrogens (tertiary/aromatic N) is 2. The van der Waals surface area contributed by atoms with Gasteiger partial charge in [-0.25, -0.2) is 14.2 Å². The number of carboxylic acid groups (broad SMARTS) is 1. The molecule has 1 saturated heterocycles. The van der Waals surface area contributed by atoms with Crippen LogP contribution in [0, 0.1) is 0 Å². The Kier molecular flexibility index (Phi) is 5.11. The predicted octanol–water partition coefficient (Wildman–Crippen LogP) is 0.946. The lowest BCUT2D eigenvalue weighted by Gasteiger charge is -2.16. The first kappa shape index (κ1) is 17.1. The molecule has 0 bridgehead atoms. The van der Waals surface area contributed by atoms with Gasteiger partial charge in [-0.05, 0) is 18.4 Å². The maximum atomic E-state index is 12.5. The molecule has 2 unspecified atom stereocenters. The monoisotopic (exact) mass is 346 g/mol. The minimum Gasteiger partial charge on any atom is -0.479 e. The highest BCUT2D eigenvalue weighted by atomic mass is 16.5. The first-order valence-electron chi connectivity index (χ1n) is 7.88. The summed E-state index contributed by atoms with van der Waals surface area (Å²) in [6.07, 6.45) is 0.393. The van der Waals surface area contributed by atoms with Crippen molar-refractivity contribution in [2.75, 3.05) is 0 Å². The maximum absolute atomic E-state index is 12.5. The van der Waals surface area contributed by atoms with Gasteiger partial charge in [0.15, 0.2) is 6.10 Å². The summed E-state index contributed by atoms with van der Waals surface area (Å²) < 4.78 is 13.0. The van der Waals surface area contributed by atoms with E-state index in [0.29, 0.717) is 12.8 Å². The van der Waals surface area contributed by atoms with Crippen molar-refractivity contribution in [3.8, 4) is 0 Å². The minimum atomic E-state index is -1.06. The normalized spacial score (nSPS) is 19.8. The number of carbonyl (C=O) groups is 1. The standard InChI is InChI=1S/C17H18N2O6/c20-14-8-9-18(15-7-6-13(25-15)16(21)22)17(23)19(14)11-24-10-12-4-2-1-3-5-12/h1-5,8-9,13,15H,6-7,10-11H2,(H,21,22). The van der Waals surface area contributed by atoms with Crippen LogP contribution in [0.25, 0.3) is 0 Å². The molecule has 1 fully saturated rings. The Morgan fingerprint density at radius 1 is 1.20 bits per heavy atom. The summed E-state index contributed by atoms with van der Waals surface area (Å²) in [5.74, 6) is -1.06. The quantitative estimate of drug-likeness (QED) is 0.836. The molecule has 3 rings (SSSR count). The Hall–Kier alpha value is -2.71. The average Bonchev–Trinajstić information content (AvgIpc) is 3.09. The zero-order valence-corrected chi connectivity index (χ0v) is 13.4. The van der Waals surface area contributed by atoms with Gasteiger partial charge >= 0.3 is 11.7 Å². The van der Waals surface area contributed by atoms with Crippen LogP contribution in [0.1, 0.15) is 24.6 Å². The van der Waals surface area contributed by atoms with Crippen LogP contribution in [-0.2, 0) is 27.6 Å². The van der Waals surface area contributed by atoms with Gasteiger partial charge in [0.2, 0.25) is 0 Å². The molecular formula is C17H18N2O6. The molecule has 2 atom stereocenters. The van der Waals surface area contributed by atoms with E-state index in [4.69, 9.17) is 14.6 Å². The van der Waals surface area contributed by atoms with Crippen molar-refractivity contribution in [3.63, 3.8) is 0 Å². The van der Waals surface area contributed by atoms with Crippen molar-refractivity contribution < 1.29 is 19.4 Å². The van der Waals surface area contributed by atoms with Crippen molar-refractivity contribution in [1.29, 1.82) is 0 Å². The van der Waals surface area contributed by atoms with Crippen LogP contribution < -0.4 is 11.2 Å². The van der Waals surface area contributed by atoms with Crippen LogP contribution in [0.3, 0.4) is 0 Å². The summed E-state index contributed by atoms with van der Waals surface area (Å²) in [7, 11) is 0. The lowest BCUT2D eigenvalue weighted by molar-refractivity contribution is -0.151. The maximum Gasteiger partial charge on any atom is 0.335 e. The van der Waals surface area contributed by atoms with Gasteiger partial charge < -0.3 is 14.6 Å². The zero-order valence-electron chi connectivity index (χ0n) is 13.4. The molecule has 8 nitrogen and oxygen atoms in total. The van der Waals surface area contributed by atoms with E-state index in [9.17, 15) is 14.4 Å². The molecular weight excluding hydrogens is 328 g/mol. The molecule has 8 heteroatoms. The molecule has 1 aromatic carbocycles. The Labute approximate surface area is 142 Å². The molecule has 1 aromatic heterocycles. The highest BCUT2D eigenvalue weighted by Crippen LogP contribution is 2.26. The second-order valence-corrected chi connectivity index (χ2v) is 5.73. The summed E-state index contributed by atoms with van der Waals surface area (Å²) in [6, 6.07) is 10.6. The Balaban J connectivity index is 1.73. The predicted molar refractivity (Wildman–Crippen MR) is 87.0 cm³/mol. The fourth-order valence-electron chi connectivity index (χ4n) is 2.70. The molecule has 1 N–H and O–H groups in total. The highest BCUT2D eigenvalue weighted by Gasteiger charge is 2.32. The zero-order chi connectivity index (χ0) is 17.8. The number of hydrogen-bond acceptors (Lipinski definition) is 5. The molecule has 1 aliphatic rings. The van der Waals surface area contributed by atoms with Gasteiger partial charge in [0, 0.05) is 12.3 Å². The summed E-state index contributed by atoms with van der Waals surface area (Å²) in [4.78, 5) is 35.4. The smallest absolute Gasteiger partial charge is 0.335 e. The second kappa shape index (κ2) is 7.45. The van der Waals surface area contributed by atoms with Crippen LogP contribution in [-0.4, -0.2) is 26.3 Å². The number of rotatable bonds is 6. The number of aromatic nitrogens is 2. The largest absolute Gasteiger partial charge is 0.479 e. The van der Waals surface area contributed by atoms with E-state index in [-0.39, 0.29) is 13.3 Å². The van der Waals surface area contributed by atoms with Gasteiger partial charge in [0.1, 0.15) is 13.0 Å². The number of benzene rings is 1. The van der Waals surface area contributed by atoms with Crippen LogP contribution in [0.2, 0.25) is 0 Å². The molecule has 0 aliphatic carbocycles. The lowest BCUT2D eigenvalue weighted by atomic mass is 10.2. The van der Waals surface area contributed by atoms with Crippen LogP contribution >= 0.6 is 0 Å². The van der Waals surface area contributed by atoms with Gasteiger partial charge in [-0.2, -0.15) is 0 Å². The van der Waals surface area contributed by atoms with Crippen molar-refractivity contribution in [2.45, 2.75) is 38.5 Å². The average molecular weight is 346 g/mol. The number of aliphatic carboxylic acids is 1. The van der Waals surface area contributed by atoms with E-state index in [0.717, 1.165) is 10.1 Å². The molecule has 0 saturated carbocycles. The first-order chi connectivity index (χ1) is 12.1. The van der Waals surface area contributed by atoms with E-state index in [1.54, 1.807) is 0 Å². The van der Waals surface area contributed by atoms with Crippen LogP contribution in [0.15, 0.2) is 52.2 Å². The third kappa shape index (κ3) is 3.86. The van der Waals surface area contributed by atoms with E-state index >= 15 is 0 Å². The third-order valence-corrected chi connectivity index (χ3v) is 4.01. The van der Waals surface area contributed by atoms with Gasteiger partial charge in [0.25, 0.3) is 5.56 Å². The molecule has 2 aromatic rings. The molecule has 0 spiro atoms. The fourth-order valence-corrected chi connectivity index (χ4v) is 2.70. The Morgan fingerprint density at radius 3 is 2.64 bits per heavy atom. The van der Waals surface area contributed by atoms with Crippen molar-refractivity contribution in [1.82, 2.24) is 9.13 Å². The Morgan fingerprint density at radius 2 is 1.96 bits per heavy atom. The van der Waals surface area contributed by atoms with Crippen LogP contribution in [0.4, 0.5) is 0 Å². The molecule has 2 heterocycles. The van der Waals surface area contributed by atoms with Gasteiger partial charge in [-0.15, -0.1) is 0 Å². The van der Waals surface area contributed by atoms with Crippen molar-refractivity contribution in [2.24, 2.45) is 0 Å². The van der Waals surface area contributed by atoms with E-state index < -0.39 is 29.6 Å². The number of ether oxygens (including phenoxy) is 2. The minimum absolute atomic E-state index is 0.192. The summed E-state index contributed by atoms with van der Waals surface area (Å²) in [5, 5.41) is 8.98. The van der Waals surface area contributed by atoms with Gasteiger partial charge in [-0.1, -0.05) is 30.3 Å². The highest BCUT2D eigenvalue weighted by molar-refractivity contribution is 5.72. The SMILES string of the molecule is O=C(O)C1CCC(n2ccc(=O)n(COCc3ccccc3)c2=O)O1. The van der Waals surface area contributed by atoms with Gasteiger partial charge in [-0.3, -0.25) is 9.36 Å². The fraction of sp³-hybridized carbons (Fsp3) is 0.353. The molecule has 1 aliphatic heterocycles. The molecule has 25 heavy (non-hydrogen) atoms. The summed E-state index contributed by atoms with van der Waals surface area (Å²) in [6.45, 7) is 0.0745. The van der Waals surface area contributed by atoms with Crippen molar-refractivity contribution in [3.05, 3.63) is 69.0 Å². The molecule has 0 radical (unpaired) electrons. The lowest BCUT2D eigenvalue weighted by Crippen LogP contribution is -2.41. The molecule has 0 amide bonds. The van der Waals surface area contributed by atoms with Crippen LogP contribution in [0.5, 0.6) is 0 Å². The van der Waals surface area contributed by atoms with Gasteiger partial charge in [0.05, 0.1) is 6.61 Å². The Bertz CT molecular complexity index is 857. The van der Waals surface area contributed by atoms with Crippen molar-refractivity contribution >= 4 is 5.97 Å². The molecule has 132 valence electrons. The number of hydrogen-bond donors (Lipinski definition) is 1. The topological polar surface area (TPSA) is 99.8 Å². The second-order valence-electron chi connectivity index (χ2n) is 5.73. The summed E-state index contributed by atoms with van der Waals surface area (Å²) >= 11 is 0. The summed E-state index contributed by atoms with van der Waals surface area (Å²) in [5.41, 5.74) is -0.145. The van der Waals surface area contributed by atoms with E-state index in [1.165, 1.54) is 16.8 Å².